The molecule has 0 aliphatic heterocycles. The molecule has 0 saturated heterocycles. The minimum Gasteiger partial charge on any atom is -0.396 e. The van der Waals surface area contributed by atoms with Gasteiger partial charge in [0.2, 0.25) is 0 Å². The van der Waals surface area contributed by atoms with Crippen molar-refractivity contribution in [2.24, 2.45) is 0 Å². The summed E-state index contributed by atoms with van der Waals surface area (Å²) in [6, 6.07) is 1.85. The molecule has 1 rings (SSSR count). The lowest BCUT2D eigenvalue weighted by Crippen LogP contribution is -2.03. The van der Waals surface area contributed by atoms with Gasteiger partial charge >= 0.3 is 0 Å². The van der Waals surface area contributed by atoms with Gasteiger partial charge in [0, 0.05) is 5.56 Å². The van der Waals surface area contributed by atoms with E-state index in [1.165, 1.54) is 6.92 Å². The zero-order chi connectivity index (χ0) is 9.30. The quantitative estimate of drug-likeness (QED) is 0.630. The standard InChI is InChI=1S/C8H8FN3/c1-4-6(3-10)12-5(2)7(9)8(4)11/h1-2H3,(H2,11,12). The van der Waals surface area contributed by atoms with Crippen molar-refractivity contribution in [2.45, 2.75) is 13.8 Å². The van der Waals surface area contributed by atoms with Crippen molar-refractivity contribution >= 4 is 5.69 Å². The molecule has 2 N–H and O–H groups in total. The molecular weight excluding hydrogens is 157 g/mol. The summed E-state index contributed by atoms with van der Waals surface area (Å²) >= 11 is 0. The van der Waals surface area contributed by atoms with Crippen LogP contribution >= 0.6 is 0 Å². The molecular formula is C8H8FN3. The summed E-state index contributed by atoms with van der Waals surface area (Å²) in [6.45, 7) is 3.05. The Bertz CT molecular complexity index is 366. The smallest absolute Gasteiger partial charge is 0.167 e. The van der Waals surface area contributed by atoms with Crippen molar-refractivity contribution in [2.75, 3.05) is 5.73 Å². The molecule has 0 fully saturated rings. The van der Waals surface area contributed by atoms with Gasteiger partial charge in [-0.1, -0.05) is 0 Å². The van der Waals surface area contributed by atoms with Gasteiger partial charge in [-0.05, 0) is 13.8 Å². The molecule has 4 heteroatoms. The molecule has 3 nitrogen and oxygen atoms in total. The van der Waals surface area contributed by atoms with Crippen molar-refractivity contribution in [3.63, 3.8) is 0 Å². The lowest BCUT2D eigenvalue weighted by Gasteiger charge is -2.04. The second-order valence-corrected chi connectivity index (χ2v) is 2.51. The van der Waals surface area contributed by atoms with E-state index in [1.807, 2.05) is 6.07 Å². The summed E-state index contributed by atoms with van der Waals surface area (Å²) in [5.74, 6) is -0.536. The molecule has 12 heavy (non-hydrogen) atoms. The third kappa shape index (κ3) is 1.10. The lowest BCUT2D eigenvalue weighted by molar-refractivity contribution is 0.612. The molecule has 62 valence electrons. The van der Waals surface area contributed by atoms with E-state index in [4.69, 9.17) is 11.0 Å². The first kappa shape index (κ1) is 8.47. The van der Waals surface area contributed by atoms with Crippen LogP contribution in [0.25, 0.3) is 0 Å². The molecule has 1 aromatic rings. The predicted molar refractivity (Wildman–Crippen MR) is 42.8 cm³/mol. The van der Waals surface area contributed by atoms with Gasteiger partial charge in [-0.3, -0.25) is 0 Å². The fourth-order valence-corrected chi connectivity index (χ4v) is 0.897. The zero-order valence-electron chi connectivity index (χ0n) is 6.85. The van der Waals surface area contributed by atoms with Crippen LogP contribution in [0.4, 0.5) is 10.1 Å². The highest BCUT2D eigenvalue weighted by Crippen LogP contribution is 2.19. The van der Waals surface area contributed by atoms with Gasteiger partial charge in [0.05, 0.1) is 11.4 Å². The Balaban J connectivity index is 3.52. The van der Waals surface area contributed by atoms with Crippen LogP contribution in [0.3, 0.4) is 0 Å². The van der Waals surface area contributed by atoms with Crippen LogP contribution in [0, 0.1) is 31.0 Å². The van der Waals surface area contributed by atoms with Gasteiger partial charge in [0.25, 0.3) is 0 Å². The number of anilines is 1. The molecule has 0 aliphatic rings. The van der Waals surface area contributed by atoms with E-state index in [9.17, 15) is 4.39 Å². The molecule has 0 aromatic carbocycles. The van der Waals surface area contributed by atoms with Crippen LogP contribution < -0.4 is 5.73 Å². The van der Waals surface area contributed by atoms with Crippen molar-refractivity contribution < 1.29 is 4.39 Å². The van der Waals surface area contributed by atoms with Gasteiger partial charge in [0.15, 0.2) is 5.82 Å². The van der Waals surface area contributed by atoms with E-state index in [0.29, 0.717) is 5.56 Å². The molecule has 0 bridgehead atoms. The normalized spacial score (nSPS) is 9.50. The number of nitriles is 1. The number of nitrogens with zero attached hydrogens (tertiary/aromatic N) is 2. The van der Waals surface area contributed by atoms with E-state index in [2.05, 4.69) is 4.98 Å². The average Bonchev–Trinajstić information content (AvgIpc) is 2.08. The van der Waals surface area contributed by atoms with Crippen molar-refractivity contribution in [1.29, 1.82) is 5.26 Å². The molecule has 0 atom stereocenters. The van der Waals surface area contributed by atoms with Gasteiger partial charge < -0.3 is 5.73 Å². The van der Waals surface area contributed by atoms with E-state index in [1.54, 1.807) is 6.92 Å². The Hall–Kier alpha value is -1.63. The topological polar surface area (TPSA) is 62.7 Å². The molecule has 0 radical (unpaired) electrons. The first-order valence-corrected chi connectivity index (χ1v) is 3.40. The number of nitrogens with two attached hydrogens (primary N) is 1. The summed E-state index contributed by atoms with van der Waals surface area (Å²) in [4.78, 5) is 3.74. The largest absolute Gasteiger partial charge is 0.396 e. The summed E-state index contributed by atoms with van der Waals surface area (Å²) in [5, 5.41) is 8.57. The van der Waals surface area contributed by atoms with Crippen LogP contribution in [0.2, 0.25) is 0 Å². The highest BCUT2D eigenvalue weighted by molar-refractivity contribution is 5.53. The van der Waals surface area contributed by atoms with Gasteiger partial charge in [-0.15, -0.1) is 0 Å². The maximum absolute atomic E-state index is 13.0. The monoisotopic (exact) mass is 165 g/mol. The number of aryl methyl sites for hydroxylation is 1. The van der Waals surface area contributed by atoms with Gasteiger partial charge in [-0.25, -0.2) is 9.37 Å². The predicted octanol–water partition coefficient (Wildman–Crippen LogP) is 1.29. The molecule has 1 heterocycles. The number of nitrogen functional groups attached to an aromatic ring is 1. The molecule has 0 spiro atoms. The first-order chi connectivity index (χ1) is 5.57. The van der Waals surface area contributed by atoms with Crippen molar-refractivity contribution in [3.8, 4) is 6.07 Å². The Morgan fingerprint density at radius 2 is 2.08 bits per heavy atom. The lowest BCUT2D eigenvalue weighted by atomic mass is 10.1. The minimum atomic E-state index is -0.536. The van der Waals surface area contributed by atoms with E-state index in [0.717, 1.165) is 0 Å². The van der Waals surface area contributed by atoms with Crippen molar-refractivity contribution in [1.82, 2.24) is 4.98 Å². The summed E-state index contributed by atoms with van der Waals surface area (Å²) in [5.41, 5.74) is 6.16. The summed E-state index contributed by atoms with van der Waals surface area (Å²) < 4.78 is 13.0. The average molecular weight is 165 g/mol. The van der Waals surface area contributed by atoms with Crippen LogP contribution in [-0.2, 0) is 0 Å². The second-order valence-electron chi connectivity index (χ2n) is 2.51. The molecule has 0 aliphatic carbocycles. The highest BCUT2D eigenvalue weighted by Gasteiger charge is 2.11. The third-order valence-corrected chi connectivity index (χ3v) is 1.70. The Kier molecular flexibility index (Phi) is 1.96. The fraction of sp³-hybridized carbons (Fsp3) is 0.250. The molecule has 0 amide bonds. The second kappa shape index (κ2) is 2.78. The maximum atomic E-state index is 13.0. The minimum absolute atomic E-state index is 0.0130. The Morgan fingerprint density at radius 1 is 1.50 bits per heavy atom. The van der Waals surface area contributed by atoms with Crippen LogP contribution in [0.15, 0.2) is 0 Å². The molecule has 0 saturated carbocycles. The number of aromatic nitrogens is 1. The number of rotatable bonds is 0. The van der Waals surface area contributed by atoms with Crippen LogP contribution in [-0.4, -0.2) is 4.98 Å². The van der Waals surface area contributed by atoms with Gasteiger partial charge in [-0.2, -0.15) is 5.26 Å². The van der Waals surface area contributed by atoms with E-state index < -0.39 is 5.82 Å². The van der Waals surface area contributed by atoms with Crippen LogP contribution in [0.5, 0.6) is 0 Å². The number of halogens is 1. The first-order valence-electron chi connectivity index (χ1n) is 3.40. The number of hydrogen-bond donors (Lipinski definition) is 1. The Labute approximate surface area is 69.6 Å². The van der Waals surface area contributed by atoms with E-state index in [-0.39, 0.29) is 17.1 Å². The van der Waals surface area contributed by atoms with E-state index >= 15 is 0 Å². The SMILES string of the molecule is Cc1nc(C#N)c(C)c(N)c1F. The fourth-order valence-electron chi connectivity index (χ4n) is 0.897. The highest BCUT2D eigenvalue weighted by atomic mass is 19.1. The summed E-state index contributed by atoms with van der Waals surface area (Å²) in [7, 11) is 0. The van der Waals surface area contributed by atoms with Crippen molar-refractivity contribution in [3.05, 3.63) is 22.8 Å². The summed E-state index contributed by atoms with van der Waals surface area (Å²) in [6.07, 6.45) is 0. The Morgan fingerprint density at radius 3 is 2.58 bits per heavy atom. The molecule has 0 unspecified atom stereocenters. The number of pyridine rings is 1. The van der Waals surface area contributed by atoms with Crippen LogP contribution in [0.1, 0.15) is 17.0 Å². The maximum Gasteiger partial charge on any atom is 0.167 e. The third-order valence-electron chi connectivity index (χ3n) is 1.70. The molecule has 1 aromatic heterocycles. The zero-order valence-corrected chi connectivity index (χ0v) is 6.85. The number of hydrogen-bond acceptors (Lipinski definition) is 3. The van der Waals surface area contributed by atoms with Gasteiger partial charge in [0.1, 0.15) is 11.8 Å².